The molecule has 0 aliphatic rings. The molecule has 0 unspecified atom stereocenters. The summed E-state index contributed by atoms with van der Waals surface area (Å²) in [5.41, 5.74) is 16.8. The number of anilines is 2. The first-order valence-corrected chi connectivity index (χ1v) is 10.5. The molecule has 2 heterocycles. The Labute approximate surface area is 170 Å². The summed E-state index contributed by atoms with van der Waals surface area (Å²) < 4.78 is 8.22. The SMILES string of the molecule is CC(C)(O)c1cc2nc(OC(C)(C)c3cc4scnc4cc3N)sc2cc1N. The normalized spacial score (nSPS) is 12.8. The average molecular weight is 415 g/mol. The van der Waals surface area contributed by atoms with Gasteiger partial charge in [-0.25, -0.2) is 9.97 Å². The van der Waals surface area contributed by atoms with E-state index in [1.54, 1.807) is 30.7 Å². The van der Waals surface area contributed by atoms with E-state index in [1.165, 1.54) is 11.3 Å². The Morgan fingerprint density at radius 2 is 1.64 bits per heavy atom. The van der Waals surface area contributed by atoms with E-state index < -0.39 is 11.2 Å². The first kappa shape index (κ1) is 18.9. The molecule has 0 saturated heterocycles. The lowest BCUT2D eigenvalue weighted by Crippen LogP contribution is -2.26. The van der Waals surface area contributed by atoms with Gasteiger partial charge >= 0.3 is 0 Å². The van der Waals surface area contributed by atoms with Crippen molar-refractivity contribution in [3.05, 3.63) is 40.9 Å². The number of aliphatic hydroxyl groups is 1. The highest BCUT2D eigenvalue weighted by atomic mass is 32.1. The molecular weight excluding hydrogens is 392 g/mol. The van der Waals surface area contributed by atoms with Crippen LogP contribution in [0.15, 0.2) is 29.8 Å². The molecule has 4 rings (SSSR count). The zero-order chi connectivity index (χ0) is 20.3. The van der Waals surface area contributed by atoms with Gasteiger partial charge in [0.05, 0.1) is 31.5 Å². The number of aromatic nitrogens is 2. The van der Waals surface area contributed by atoms with Crippen molar-refractivity contribution in [2.75, 3.05) is 11.5 Å². The third-order valence-corrected chi connectivity index (χ3v) is 6.38. The standard InChI is InChI=1S/C20H22N4O2S2/c1-19(2,25)10-5-15-17(8-13(10)22)28-18(24-15)26-20(3,4)11-6-16-14(7-12(11)21)23-9-27-16/h5-9,25H,21-22H2,1-4H3. The van der Waals surface area contributed by atoms with Gasteiger partial charge in [-0.3, -0.25) is 0 Å². The second-order valence-electron chi connectivity index (χ2n) is 7.82. The molecule has 5 N–H and O–H groups in total. The number of hydrogen-bond acceptors (Lipinski definition) is 8. The number of ether oxygens (including phenoxy) is 1. The summed E-state index contributed by atoms with van der Waals surface area (Å²) in [6.07, 6.45) is 0. The van der Waals surface area contributed by atoms with Crippen molar-refractivity contribution in [3.8, 4) is 5.19 Å². The van der Waals surface area contributed by atoms with Gasteiger partial charge in [0.25, 0.3) is 5.19 Å². The van der Waals surface area contributed by atoms with Gasteiger partial charge in [0, 0.05) is 22.5 Å². The van der Waals surface area contributed by atoms with Crippen LogP contribution in [0.3, 0.4) is 0 Å². The molecule has 8 heteroatoms. The number of benzene rings is 2. The molecule has 0 saturated carbocycles. The van der Waals surface area contributed by atoms with Crippen LogP contribution in [-0.4, -0.2) is 15.1 Å². The number of nitrogens with zero attached hydrogens (tertiary/aromatic N) is 2. The molecule has 0 bridgehead atoms. The highest BCUT2D eigenvalue weighted by Crippen LogP contribution is 2.39. The van der Waals surface area contributed by atoms with Gasteiger partial charge in [0.1, 0.15) is 5.60 Å². The van der Waals surface area contributed by atoms with Crippen molar-refractivity contribution in [3.63, 3.8) is 0 Å². The van der Waals surface area contributed by atoms with Crippen molar-refractivity contribution >= 4 is 54.5 Å². The molecule has 0 amide bonds. The number of nitrogen functional groups attached to an aromatic ring is 2. The second-order valence-corrected chi connectivity index (χ2v) is 9.70. The monoisotopic (exact) mass is 414 g/mol. The highest BCUT2D eigenvalue weighted by Gasteiger charge is 2.28. The molecule has 0 spiro atoms. The van der Waals surface area contributed by atoms with Gasteiger partial charge in [-0.2, -0.15) is 0 Å². The second kappa shape index (κ2) is 6.30. The van der Waals surface area contributed by atoms with Crippen LogP contribution in [0.5, 0.6) is 5.19 Å². The van der Waals surface area contributed by atoms with Gasteiger partial charge in [-0.05, 0) is 52.0 Å². The maximum absolute atomic E-state index is 10.3. The lowest BCUT2D eigenvalue weighted by atomic mass is 9.96. The molecule has 146 valence electrons. The maximum atomic E-state index is 10.3. The number of rotatable bonds is 4. The van der Waals surface area contributed by atoms with E-state index in [0.717, 1.165) is 26.0 Å². The Bertz CT molecular complexity index is 1190. The van der Waals surface area contributed by atoms with Gasteiger partial charge < -0.3 is 21.3 Å². The Kier molecular flexibility index (Phi) is 4.26. The minimum atomic E-state index is -1.04. The van der Waals surface area contributed by atoms with Crippen LogP contribution in [0.1, 0.15) is 38.8 Å². The summed E-state index contributed by atoms with van der Waals surface area (Å²) in [6.45, 7) is 7.34. The number of hydrogen-bond donors (Lipinski definition) is 3. The lowest BCUT2D eigenvalue weighted by molar-refractivity contribution is 0.0795. The van der Waals surface area contributed by atoms with Crippen LogP contribution < -0.4 is 16.2 Å². The Balaban J connectivity index is 1.72. The maximum Gasteiger partial charge on any atom is 0.275 e. The van der Waals surface area contributed by atoms with E-state index in [2.05, 4.69) is 9.97 Å². The fourth-order valence-corrected chi connectivity index (χ4v) is 4.93. The zero-order valence-electron chi connectivity index (χ0n) is 16.1. The van der Waals surface area contributed by atoms with Crippen molar-refractivity contribution in [2.24, 2.45) is 0 Å². The van der Waals surface area contributed by atoms with E-state index in [-0.39, 0.29) is 0 Å². The molecule has 2 aromatic carbocycles. The summed E-state index contributed by atoms with van der Waals surface area (Å²) in [6, 6.07) is 7.55. The molecule has 4 aromatic rings. The molecule has 0 radical (unpaired) electrons. The van der Waals surface area contributed by atoms with Crippen molar-refractivity contribution < 1.29 is 9.84 Å². The van der Waals surface area contributed by atoms with Crippen LogP contribution in [0.4, 0.5) is 11.4 Å². The summed E-state index contributed by atoms with van der Waals surface area (Å²) in [5.74, 6) is 0. The average Bonchev–Trinajstić information content (AvgIpc) is 3.16. The number of nitrogens with two attached hydrogens (primary N) is 2. The minimum Gasteiger partial charge on any atom is -0.459 e. The summed E-state index contributed by atoms with van der Waals surface area (Å²) in [5, 5.41) is 10.8. The molecule has 2 aromatic heterocycles. The Hall–Kier alpha value is -2.42. The smallest absolute Gasteiger partial charge is 0.275 e. The number of fused-ring (bicyclic) bond motifs is 2. The lowest BCUT2D eigenvalue weighted by Gasteiger charge is -2.26. The highest BCUT2D eigenvalue weighted by molar-refractivity contribution is 7.20. The summed E-state index contributed by atoms with van der Waals surface area (Å²) >= 11 is 2.99. The fraction of sp³-hybridized carbons (Fsp3) is 0.300. The van der Waals surface area contributed by atoms with Crippen molar-refractivity contribution in [1.82, 2.24) is 9.97 Å². The van der Waals surface area contributed by atoms with Crippen molar-refractivity contribution in [2.45, 2.75) is 38.9 Å². The van der Waals surface area contributed by atoms with Gasteiger partial charge in [-0.1, -0.05) is 11.3 Å². The van der Waals surface area contributed by atoms with Crippen LogP contribution in [0, 0.1) is 0 Å². The quantitative estimate of drug-likeness (QED) is 0.421. The van der Waals surface area contributed by atoms with Crippen LogP contribution in [0.25, 0.3) is 20.4 Å². The first-order chi connectivity index (χ1) is 13.0. The third-order valence-electron chi connectivity index (χ3n) is 4.69. The minimum absolute atomic E-state index is 0.524. The van der Waals surface area contributed by atoms with E-state index in [9.17, 15) is 5.11 Å². The molecule has 6 nitrogen and oxygen atoms in total. The molecule has 0 aliphatic heterocycles. The predicted molar refractivity (Wildman–Crippen MR) is 117 cm³/mol. The summed E-state index contributed by atoms with van der Waals surface area (Å²) in [7, 11) is 0. The summed E-state index contributed by atoms with van der Waals surface area (Å²) in [4.78, 5) is 8.91. The fourth-order valence-electron chi connectivity index (χ4n) is 3.26. The molecule has 0 fully saturated rings. The molecule has 0 atom stereocenters. The van der Waals surface area contributed by atoms with E-state index in [0.29, 0.717) is 22.1 Å². The topological polar surface area (TPSA) is 107 Å². The zero-order valence-corrected chi connectivity index (χ0v) is 17.7. The largest absolute Gasteiger partial charge is 0.459 e. The van der Waals surface area contributed by atoms with Gasteiger partial charge in [-0.15, -0.1) is 11.3 Å². The first-order valence-electron chi connectivity index (χ1n) is 8.80. The molecular formula is C20H22N4O2S2. The predicted octanol–water partition coefficient (Wildman–Crippen LogP) is 4.61. The molecule has 0 aliphatic carbocycles. The third kappa shape index (κ3) is 3.28. The molecule has 28 heavy (non-hydrogen) atoms. The Morgan fingerprint density at radius 1 is 0.929 bits per heavy atom. The van der Waals surface area contributed by atoms with Crippen LogP contribution >= 0.6 is 22.7 Å². The van der Waals surface area contributed by atoms with E-state index in [1.807, 2.05) is 38.1 Å². The van der Waals surface area contributed by atoms with E-state index >= 15 is 0 Å². The Morgan fingerprint density at radius 3 is 2.36 bits per heavy atom. The van der Waals surface area contributed by atoms with E-state index in [4.69, 9.17) is 16.2 Å². The van der Waals surface area contributed by atoms with Crippen molar-refractivity contribution in [1.29, 1.82) is 0 Å². The van der Waals surface area contributed by atoms with Crippen LogP contribution in [-0.2, 0) is 11.2 Å². The number of thiazole rings is 2. The van der Waals surface area contributed by atoms with Gasteiger partial charge in [0.2, 0.25) is 0 Å². The van der Waals surface area contributed by atoms with Crippen LogP contribution in [0.2, 0.25) is 0 Å². The van der Waals surface area contributed by atoms with Gasteiger partial charge in [0.15, 0.2) is 0 Å².